The van der Waals surface area contributed by atoms with Gasteiger partial charge in [0, 0.05) is 10.9 Å². The van der Waals surface area contributed by atoms with Gasteiger partial charge in [0.05, 0.1) is 16.8 Å². The first-order chi connectivity index (χ1) is 13.6. The molecule has 1 amide bonds. The van der Waals surface area contributed by atoms with Crippen LogP contribution in [0.4, 0.5) is 0 Å². The largest absolute Gasteiger partial charge is 0.460 e. The van der Waals surface area contributed by atoms with Crippen LogP contribution < -0.4 is 5.43 Å². The Morgan fingerprint density at radius 3 is 2.50 bits per heavy atom. The summed E-state index contributed by atoms with van der Waals surface area (Å²) in [7, 11) is 0. The van der Waals surface area contributed by atoms with Crippen LogP contribution in [0, 0.1) is 6.92 Å². The van der Waals surface area contributed by atoms with Gasteiger partial charge in [-0.3, -0.25) is 4.79 Å². The minimum Gasteiger partial charge on any atom is -0.460 e. The lowest BCUT2D eigenvalue weighted by Crippen LogP contribution is -2.20. The molecule has 4 rings (SSSR count). The van der Waals surface area contributed by atoms with E-state index in [1.807, 2.05) is 73.7 Å². The van der Waals surface area contributed by atoms with E-state index in [4.69, 9.17) is 9.40 Å². The molecule has 0 radical (unpaired) electrons. The first kappa shape index (κ1) is 17.7. The maximum atomic E-state index is 12.9. The SMILES string of the molecule is CC(=NNC(=O)c1cc(-c2ccccc2)nc2ccccc12)c1ccc(C)o1. The average Bonchev–Trinajstić information content (AvgIpc) is 3.18. The van der Waals surface area contributed by atoms with Crippen LogP contribution in [-0.4, -0.2) is 16.6 Å². The molecule has 2 aromatic carbocycles. The van der Waals surface area contributed by atoms with Crippen molar-refractivity contribution in [3.8, 4) is 11.3 Å². The second-order valence-corrected chi connectivity index (χ2v) is 6.49. The molecular formula is C23H19N3O2. The number of carbonyl (C=O) groups excluding carboxylic acids is 1. The van der Waals surface area contributed by atoms with Crippen molar-refractivity contribution < 1.29 is 9.21 Å². The van der Waals surface area contributed by atoms with Crippen molar-refractivity contribution in [3.63, 3.8) is 0 Å². The molecule has 4 aromatic rings. The van der Waals surface area contributed by atoms with Gasteiger partial charge in [0.15, 0.2) is 0 Å². The number of hydrogen-bond donors (Lipinski definition) is 1. The van der Waals surface area contributed by atoms with Crippen LogP contribution in [0.1, 0.15) is 28.8 Å². The quantitative estimate of drug-likeness (QED) is 0.408. The molecule has 0 atom stereocenters. The van der Waals surface area contributed by atoms with E-state index in [1.165, 1.54) is 0 Å². The fourth-order valence-corrected chi connectivity index (χ4v) is 3.00. The number of amides is 1. The molecule has 5 nitrogen and oxygen atoms in total. The van der Waals surface area contributed by atoms with Crippen LogP contribution in [0.3, 0.4) is 0 Å². The van der Waals surface area contributed by atoms with Crippen molar-refractivity contribution in [1.29, 1.82) is 0 Å². The third-order valence-electron chi connectivity index (χ3n) is 4.45. The first-order valence-corrected chi connectivity index (χ1v) is 8.98. The highest BCUT2D eigenvalue weighted by atomic mass is 16.3. The Balaban J connectivity index is 1.71. The van der Waals surface area contributed by atoms with Crippen LogP contribution in [0.2, 0.25) is 0 Å². The number of nitrogens with zero attached hydrogens (tertiary/aromatic N) is 2. The Labute approximate surface area is 162 Å². The molecule has 0 saturated carbocycles. The summed E-state index contributed by atoms with van der Waals surface area (Å²) in [5.41, 5.74) is 6.22. The van der Waals surface area contributed by atoms with Crippen molar-refractivity contribution in [3.05, 3.63) is 89.9 Å². The molecule has 0 aliphatic carbocycles. The summed E-state index contributed by atoms with van der Waals surface area (Å²) in [6, 6.07) is 22.9. The zero-order valence-electron chi connectivity index (χ0n) is 15.6. The van der Waals surface area contributed by atoms with Crippen molar-refractivity contribution in [2.24, 2.45) is 5.10 Å². The summed E-state index contributed by atoms with van der Waals surface area (Å²) in [5.74, 6) is 1.13. The first-order valence-electron chi connectivity index (χ1n) is 8.98. The summed E-state index contributed by atoms with van der Waals surface area (Å²) < 4.78 is 5.54. The molecule has 0 spiro atoms. The summed E-state index contributed by atoms with van der Waals surface area (Å²) in [5, 5.41) is 4.98. The fraction of sp³-hybridized carbons (Fsp3) is 0.0870. The van der Waals surface area contributed by atoms with Crippen molar-refractivity contribution >= 4 is 22.5 Å². The molecule has 0 bridgehead atoms. The van der Waals surface area contributed by atoms with E-state index in [0.717, 1.165) is 27.9 Å². The molecule has 0 aliphatic rings. The number of para-hydroxylation sites is 1. The standard InChI is InChI=1S/C23H19N3O2/c1-15-12-13-22(28-15)16(2)25-26-23(27)19-14-21(17-8-4-3-5-9-17)24-20-11-7-6-10-18(19)20/h3-14H,1-2H3,(H,26,27). The van der Waals surface area contributed by atoms with E-state index in [-0.39, 0.29) is 5.91 Å². The number of carbonyl (C=O) groups is 1. The predicted octanol–water partition coefficient (Wildman–Crippen LogP) is 4.96. The summed E-state index contributed by atoms with van der Waals surface area (Å²) in [4.78, 5) is 17.6. The maximum absolute atomic E-state index is 12.9. The van der Waals surface area contributed by atoms with Gasteiger partial charge in [-0.15, -0.1) is 0 Å². The van der Waals surface area contributed by atoms with E-state index in [2.05, 4.69) is 10.5 Å². The zero-order chi connectivity index (χ0) is 19.5. The normalized spacial score (nSPS) is 11.6. The van der Waals surface area contributed by atoms with Crippen LogP contribution in [0.25, 0.3) is 22.2 Å². The second kappa shape index (κ2) is 7.48. The van der Waals surface area contributed by atoms with E-state index in [9.17, 15) is 4.79 Å². The molecule has 28 heavy (non-hydrogen) atoms. The monoisotopic (exact) mass is 369 g/mol. The molecule has 1 N–H and O–H groups in total. The maximum Gasteiger partial charge on any atom is 0.272 e. The van der Waals surface area contributed by atoms with Gasteiger partial charge in [-0.2, -0.15) is 5.10 Å². The second-order valence-electron chi connectivity index (χ2n) is 6.49. The molecule has 2 aromatic heterocycles. The topological polar surface area (TPSA) is 67.5 Å². The molecule has 0 unspecified atom stereocenters. The smallest absolute Gasteiger partial charge is 0.272 e. The number of rotatable bonds is 4. The van der Waals surface area contributed by atoms with Gasteiger partial charge in [-0.05, 0) is 38.1 Å². The van der Waals surface area contributed by atoms with E-state index in [0.29, 0.717) is 17.0 Å². The van der Waals surface area contributed by atoms with Crippen molar-refractivity contribution in [2.75, 3.05) is 0 Å². The number of pyridine rings is 1. The lowest BCUT2D eigenvalue weighted by molar-refractivity contribution is 0.0956. The van der Waals surface area contributed by atoms with E-state index >= 15 is 0 Å². The number of benzene rings is 2. The average molecular weight is 369 g/mol. The highest BCUT2D eigenvalue weighted by molar-refractivity contribution is 6.08. The summed E-state index contributed by atoms with van der Waals surface area (Å²) in [6.07, 6.45) is 0. The summed E-state index contributed by atoms with van der Waals surface area (Å²) in [6.45, 7) is 3.65. The number of aryl methyl sites for hydroxylation is 1. The summed E-state index contributed by atoms with van der Waals surface area (Å²) >= 11 is 0. The fourth-order valence-electron chi connectivity index (χ4n) is 3.00. The van der Waals surface area contributed by atoms with Gasteiger partial charge in [-0.1, -0.05) is 48.5 Å². The molecule has 138 valence electrons. The van der Waals surface area contributed by atoms with Crippen LogP contribution in [0.15, 0.2) is 82.3 Å². The van der Waals surface area contributed by atoms with Gasteiger partial charge < -0.3 is 4.42 Å². The van der Waals surface area contributed by atoms with Crippen LogP contribution in [0.5, 0.6) is 0 Å². The Morgan fingerprint density at radius 2 is 1.75 bits per heavy atom. The molecule has 0 saturated heterocycles. The Morgan fingerprint density at radius 1 is 1.00 bits per heavy atom. The van der Waals surface area contributed by atoms with E-state index < -0.39 is 0 Å². The lowest BCUT2D eigenvalue weighted by atomic mass is 10.0. The highest BCUT2D eigenvalue weighted by Crippen LogP contribution is 2.24. The number of nitrogens with one attached hydrogen (secondary N) is 1. The minimum absolute atomic E-state index is 0.293. The van der Waals surface area contributed by atoms with E-state index in [1.54, 1.807) is 13.0 Å². The van der Waals surface area contributed by atoms with Gasteiger partial charge >= 0.3 is 0 Å². The Kier molecular flexibility index (Phi) is 4.72. The Hall–Kier alpha value is -3.73. The molecule has 2 heterocycles. The van der Waals surface area contributed by atoms with Gasteiger partial charge in [0.1, 0.15) is 17.2 Å². The Bertz CT molecular complexity index is 1180. The number of hydrogen-bond acceptors (Lipinski definition) is 4. The molecular weight excluding hydrogens is 350 g/mol. The number of furan rings is 1. The van der Waals surface area contributed by atoms with Gasteiger partial charge in [-0.25, -0.2) is 10.4 Å². The number of hydrazone groups is 1. The highest BCUT2D eigenvalue weighted by Gasteiger charge is 2.14. The lowest BCUT2D eigenvalue weighted by Gasteiger charge is -2.09. The van der Waals surface area contributed by atoms with Gasteiger partial charge in [0.2, 0.25) is 0 Å². The van der Waals surface area contributed by atoms with Crippen molar-refractivity contribution in [2.45, 2.75) is 13.8 Å². The molecule has 5 heteroatoms. The minimum atomic E-state index is -0.293. The third kappa shape index (κ3) is 3.55. The number of aromatic nitrogens is 1. The molecule has 0 aliphatic heterocycles. The third-order valence-corrected chi connectivity index (χ3v) is 4.45. The zero-order valence-corrected chi connectivity index (χ0v) is 15.6. The molecule has 0 fully saturated rings. The number of fused-ring (bicyclic) bond motifs is 1. The van der Waals surface area contributed by atoms with Crippen LogP contribution in [-0.2, 0) is 0 Å². The predicted molar refractivity (Wildman–Crippen MR) is 110 cm³/mol. The van der Waals surface area contributed by atoms with Crippen molar-refractivity contribution in [1.82, 2.24) is 10.4 Å². The van der Waals surface area contributed by atoms with Gasteiger partial charge in [0.25, 0.3) is 5.91 Å². The van der Waals surface area contributed by atoms with Crippen LogP contribution >= 0.6 is 0 Å².